The van der Waals surface area contributed by atoms with Crippen LogP contribution in [0.3, 0.4) is 0 Å². The van der Waals surface area contributed by atoms with Crippen molar-refractivity contribution in [3.8, 4) is 0 Å². The Morgan fingerprint density at radius 2 is 2.03 bits per heavy atom. The number of aliphatic hydroxyl groups is 2. The molecule has 4 aromatic rings. The number of rotatable bonds is 2. The number of fused-ring (bicyclic) bond motifs is 2. The molecule has 2 aliphatic rings. The SMILES string of the molecule is Cc1ncnc2c1ccn2[C@@H]1C[C@@]2(CN[C@@H](c3ccc4cc(Br)c(=O)[nH]c4c3)C2)[C@@H](O)[C@H]1O. The zero-order valence-corrected chi connectivity index (χ0v) is 19.6. The van der Waals surface area contributed by atoms with Crippen molar-refractivity contribution >= 4 is 37.9 Å². The van der Waals surface area contributed by atoms with Gasteiger partial charge in [-0.25, -0.2) is 9.97 Å². The molecule has 4 N–H and O–H groups in total. The van der Waals surface area contributed by atoms with Crippen LogP contribution in [0.5, 0.6) is 0 Å². The Balaban J connectivity index is 1.31. The summed E-state index contributed by atoms with van der Waals surface area (Å²) in [6.07, 6.45) is 3.07. The maximum Gasteiger partial charge on any atom is 0.262 e. The molecule has 0 radical (unpaired) electrons. The summed E-state index contributed by atoms with van der Waals surface area (Å²) < 4.78 is 2.49. The Hall–Kier alpha value is -2.59. The number of hydrogen-bond donors (Lipinski definition) is 4. The third-order valence-electron chi connectivity index (χ3n) is 7.56. The highest BCUT2D eigenvalue weighted by Crippen LogP contribution is 2.52. The zero-order valence-electron chi connectivity index (χ0n) is 18.0. The summed E-state index contributed by atoms with van der Waals surface area (Å²) in [6, 6.07) is 9.58. The molecule has 9 heteroatoms. The van der Waals surface area contributed by atoms with Crippen molar-refractivity contribution in [3.05, 3.63) is 68.9 Å². The van der Waals surface area contributed by atoms with Crippen molar-refractivity contribution in [1.29, 1.82) is 0 Å². The Morgan fingerprint density at radius 3 is 2.88 bits per heavy atom. The van der Waals surface area contributed by atoms with Crippen molar-refractivity contribution < 1.29 is 10.2 Å². The number of H-pyrrole nitrogens is 1. The molecule has 1 aromatic carbocycles. The van der Waals surface area contributed by atoms with E-state index in [-0.39, 0.29) is 17.6 Å². The van der Waals surface area contributed by atoms with Crippen LogP contribution in [-0.2, 0) is 0 Å². The largest absolute Gasteiger partial charge is 0.390 e. The van der Waals surface area contributed by atoms with Crippen LogP contribution in [0.25, 0.3) is 21.9 Å². The first kappa shape index (κ1) is 21.0. The molecule has 5 atom stereocenters. The lowest BCUT2D eigenvalue weighted by Crippen LogP contribution is -2.38. The summed E-state index contributed by atoms with van der Waals surface area (Å²) in [5.41, 5.74) is 2.90. The Bertz CT molecular complexity index is 1450. The van der Waals surface area contributed by atoms with Gasteiger partial charge in [0.1, 0.15) is 18.1 Å². The fraction of sp³-hybridized carbons (Fsp3) is 0.375. The van der Waals surface area contributed by atoms with Crippen molar-refractivity contribution in [3.63, 3.8) is 0 Å². The summed E-state index contributed by atoms with van der Waals surface area (Å²) in [6.45, 7) is 2.55. The van der Waals surface area contributed by atoms with Gasteiger partial charge in [-0.05, 0) is 64.8 Å². The number of benzene rings is 1. The molecule has 8 nitrogen and oxygen atoms in total. The molecule has 4 heterocycles. The Morgan fingerprint density at radius 1 is 1.18 bits per heavy atom. The van der Waals surface area contributed by atoms with E-state index in [1.807, 2.05) is 42.0 Å². The number of halogens is 1. The standard InChI is InChI=1S/C24H24BrN5O3/c1-12-15-4-5-30(22(15)28-11-27-12)19-9-24(21(32)20(19)31)8-18(26-10-24)14-3-2-13-6-16(25)23(33)29-17(13)7-14/h2-7,11,18-21,26,31-32H,8-10H2,1H3,(H,29,33)/t18-,19-,20+,21+,24+/m1/s1. The van der Waals surface area contributed by atoms with Crippen molar-refractivity contribution in [2.24, 2.45) is 5.41 Å². The predicted molar refractivity (Wildman–Crippen MR) is 128 cm³/mol. The molecule has 170 valence electrons. The van der Waals surface area contributed by atoms with Gasteiger partial charge in [-0.3, -0.25) is 4.79 Å². The zero-order chi connectivity index (χ0) is 22.9. The second kappa shape index (κ2) is 7.46. The first-order valence-corrected chi connectivity index (χ1v) is 11.9. The molecule has 1 saturated heterocycles. The molecular formula is C24H24BrN5O3. The first-order valence-electron chi connectivity index (χ1n) is 11.1. The summed E-state index contributed by atoms with van der Waals surface area (Å²) in [4.78, 5) is 23.6. The third-order valence-corrected chi connectivity index (χ3v) is 8.15. The van der Waals surface area contributed by atoms with Crippen LogP contribution < -0.4 is 10.9 Å². The highest BCUT2D eigenvalue weighted by Gasteiger charge is 2.56. The molecule has 1 saturated carbocycles. The van der Waals surface area contributed by atoms with E-state index in [0.717, 1.165) is 33.2 Å². The highest BCUT2D eigenvalue weighted by molar-refractivity contribution is 9.10. The van der Waals surface area contributed by atoms with Crippen molar-refractivity contribution in [1.82, 2.24) is 24.8 Å². The van der Waals surface area contributed by atoms with Crippen LogP contribution in [0.1, 0.15) is 36.2 Å². The minimum atomic E-state index is -0.887. The highest BCUT2D eigenvalue weighted by atomic mass is 79.9. The van der Waals surface area contributed by atoms with Crippen LogP contribution in [0.4, 0.5) is 0 Å². The van der Waals surface area contributed by atoms with Crippen LogP contribution in [0, 0.1) is 12.3 Å². The number of aryl methyl sites for hydroxylation is 1. The number of pyridine rings is 1. The Labute approximate surface area is 197 Å². The molecular weight excluding hydrogens is 486 g/mol. The van der Waals surface area contributed by atoms with Gasteiger partial charge < -0.3 is 25.1 Å². The molecule has 33 heavy (non-hydrogen) atoms. The molecule has 6 rings (SSSR count). The quantitative estimate of drug-likeness (QED) is 0.330. The van der Waals surface area contributed by atoms with Crippen LogP contribution in [-0.4, -0.2) is 48.5 Å². The van der Waals surface area contributed by atoms with E-state index in [1.165, 1.54) is 6.33 Å². The lowest BCUT2D eigenvalue weighted by Gasteiger charge is -2.27. The van der Waals surface area contributed by atoms with Crippen LogP contribution in [0.15, 0.2) is 52.1 Å². The number of nitrogens with one attached hydrogen (secondary N) is 2. The van der Waals surface area contributed by atoms with Gasteiger partial charge in [0.2, 0.25) is 0 Å². The minimum Gasteiger partial charge on any atom is -0.390 e. The predicted octanol–water partition coefficient (Wildman–Crippen LogP) is 2.73. The number of aromatic amines is 1. The number of aromatic nitrogens is 4. The maximum absolute atomic E-state index is 12.0. The monoisotopic (exact) mass is 509 g/mol. The smallest absolute Gasteiger partial charge is 0.262 e. The van der Waals surface area contributed by atoms with Gasteiger partial charge in [0.25, 0.3) is 5.56 Å². The number of nitrogens with zero attached hydrogens (tertiary/aromatic N) is 3. The molecule has 0 unspecified atom stereocenters. The van der Waals surface area contributed by atoms with Gasteiger partial charge in [-0.2, -0.15) is 0 Å². The molecule has 1 aliphatic heterocycles. The molecule has 0 bridgehead atoms. The third kappa shape index (κ3) is 3.18. The van der Waals surface area contributed by atoms with Gasteiger partial charge >= 0.3 is 0 Å². The van der Waals surface area contributed by atoms with E-state index in [2.05, 4.69) is 42.3 Å². The van der Waals surface area contributed by atoms with E-state index >= 15 is 0 Å². The lowest BCUT2D eigenvalue weighted by molar-refractivity contribution is -0.0218. The number of aliphatic hydroxyl groups excluding tert-OH is 2. The van der Waals surface area contributed by atoms with Gasteiger partial charge in [-0.15, -0.1) is 0 Å². The molecule has 1 spiro atoms. The fourth-order valence-electron chi connectivity index (χ4n) is 5.76. The van der Waals surface area contributed by atoms with E-state index in [4.69, 9.17) is 0 Å². The Kier molecular flexibility index (Phi) is 4.74. The van der Waals surface area contributed by atoms with Crippen LogP contribution in [0.2, 0.25) is 0 Å². The summed E-state index contributed by atoms with van der Waals surface area (Å²) in [7, 11) is 0. The topological polar surface area (TPSA) is 116 Å². The van der Waals surface area contributed by atoms with Gasteiger partial charge in [0.15, 0.2) is 0 Å². The average molecular weight is 510 g/mol. The van der Waals surface area contributed by atoms with Gasteiger partial charge in [-0.1, -0.05) is 12.1 Å². The van der Waals surface area contributed by atoms with Crippen molar-refractivity contribution in [2.75, 3.05) is 6.54 Å². The van der Waals surface area contributed by atoms with E-state index < -0.39 is 17.6 Å². The number of hydrogen-bond acceptors (Lipinski definition) is 6. The normalized spacial score (nSPS) is 29.6. The molecule has 2 fully saturated rings. The summed E-state index contributed by atoms with van der Waals surface area (Å²) in [5.74, 6) is 0. The van der Waals surface area contributed by atoms with Gasteiger partial charge in [0.05, 0.1) is 22.3 Å². The molecule has 1 aliphatic carbocycles. The lowest BCUT2D eigenvalue weighted by atomic mass is 9.80. The van der Waals surface area contributed by atoms with E-state index in [1.54, 1.807) is 0 Å². The molecule has 3 aromatic heterocycles. The minimum absolute atomic E-state index is 0.0214. The van der Waals surface area contributed by atoms with Crippen LogP contribution >= 0.6 is 15.9 Å². The van der Waals surface area contributed by atoms with Gasteiger partial charge in [0, 0.05) is 35.1 Å². The average Bonchev–Trinajstić information content (AvgIpc) is 3.48. The first-order chi connectivity index (χ1) is 15.9. The van der Waals surface area contributed by atoms with E-state index in [0.29, 0.717) is 23.9 Å². The second-order valence-corrected chi connectivity index (χ2v) is 10.3. The van der Waals surface area contributed by atoms with E-state index in [9.17, 15) is 15.0 Å². The maximum atomic E-state index is 12.0. The second-order valence-electron chi connectivity index (χ2n) is 9.42. The summed E-state index contributed by atoms with van der Waals surface area (Å²) in [5, 5.41) is 27.7. The fourth-order valence-corrected chi connectivity index (χ4v) is 6.11. The summed E-state index contributed by atoms with van der Waals surface area (Å²) >= 11 is 3.28. The molecule has 0 amide bonds. The van der Waals surface area contributed by atoms with Crippen molar-refractivity contribution in [2.45, 2.75) is 44.1 Å².